The standard InChI is InChI=1S/C30H42O7S.Na/c1-17-23-18(14-19(31)24(17)32)28(4)11-13-30(6)22-16-27(3,25(33)37-7)9-8-26(22,2)10-12-29(30,5)21(28)15-20(23)38(34,35)36;/h14-15,20,22,31-32H,8-13,16H2,1-7H3,(H,34,35,36);/q;+1/p-1/t20?,22-,26-,27-,28+,29-,30+;/m1./s1. The normalized spacial score (nSPS) is 41.1. The van der Waals surface area contributed by atoms with Gasteiger partial charge in [0.15, 0.2) is 11.5 Å². The third kappa shape index (κ3) is 4.02. The van der Waals surface area contributed by atoms with E-state index in [1.54, 1.807) is 13.0 Å². The van der Waals surface area contributed by atoms with Crippen LogP contribution in [-0.4, -0.2) is 36.3 Å². The van der Waals surface area contributed by atoms with E-state index in [9.17, 15) is 28.0 Å². The minimum absolute atomic E-state index is 0. The first kappa shape index (κ1) is 30.9. The molecule has 5 rings (SSSR count). The molecule has 7 atom stereocenters. The Balaban J connectivity index is 0.00000353. The zero-order valence-electron chi connectivity index (χ0n) is 24.6. The maximum atomic E-state index is 12.9. The van der Waals surface area contributed by atoms with E-state index in [0.717, 1.165) is 37.7 Å². The summed E-state index contributed by atoms with van der Waals surface area (Å²) in [5.41, 5.74) is 0.281. The molecular weight excluding hydrogens is 527 g/mol. The van der Waals surface area contributed by atoms with Crippen LogP contribution in [0.15, 0.2) is 17.7 Å². The molecule has 0 aromatic heterocycles. The molecule has 4 aliphatic carbocycles. The van der Waals surface area contributed by atoms with Gasteiger partial charge in [-0.1, -0.05) is 39.3 Å². The van der Waals surface area contributed by atoms with E-state index in [0.29, 0.717) is 24.0 Å². The van der Waals surface area contributed by atoms with Gasteiger partial charge in [-0.25, -0.2) is 8.42 Å². The van der Waals surface area contributed by atoms with E-state index in [4.69, 9.17) is 4.74 Å². The predicted octanol–water partition coefficient (Wildman–Crippen LogP) is 2.78. The number of rotatable bonds is 2. The van der Waals surface area contributed by atoms with Gasteiger partial charge < -0.3 is 19.5 Å². The first-order valence-corrected chi connectivity index (χ1v) is 15.2. The number of carbonyl (C=O) groups excluding carboxylic acids is 1. The number of aromatic hydroxyl groups is 2. The average molecular weight is 569 g/mol. The molecule has 7 nitrogen and oxygen atoms in total. The largest absolute Gasteiger partial charge is 1.00 e. The smallest absolute Gasteiger partial charge is 0.747 e. The second kappa shape index (κ2) is 9.22. The van der Waals surface area contributed by atoms with Gasteiger partial charge in [0.25, 0.3) is 0 Å². The Morgan fingerprint density at radius 2 is 1.64 bits per heavy atom. The molecule has 0 bridgehead atoms. The SMILES string of the molecule is COC(=O)[C@]1(C)CC[C@]2(C)CC[C@]3(C)C4=CC(S(=O)(=O)[O-])c5c(cc(O)c(O)c5C)[C@]4(C)CC[C@@]3(C)[C@@H]2C1.[Na+]. The number of esters is 1. The van der Waals surface area contributed by atoms with Gasteiger partial charge in [-0.15, -0.1) is 0 Å². The fourth-order valence-electron chi connectivity index (χ4n) is 9.35. The maximum absolute atomic E-state index is 12.9. The molecule has 1 unspecified atom stereocenters. The Bertz CT molecular complexity index is 1370. The number of methoxy groups -OCH3 is 1. The molecule has 39 heavy (non-hydrogen) atoms. The maximum Gasteiger partial charge on any atom is 1.00 e. The van der Waals surface area contributed by atoms with Crippen molar-refractivity contribution in [1.82, 2.24) is 0 Å². The van der Waals surface area contributed by atoms with Gasteiger partial charge >= 0.3 is 35.5 Å². The monoisotopic (exact) mass is 568 g/mol. The molecule has 0 spiro atoms. The van der Waals surface area contributed by atoms with Gasteiger partial charge in [0.05, 0.1) is 17.8 Å². The van der Waals surface area contributed by atoms with Gasteiger partial charge in [-0.05, 0) is 104 Å². The van der Waals surface area contributed by atoms with E-state index in [1.807, 2.05) is 6.92 Å². The summed E-state index contributed by atoms with van der Waals surface area (Å²) in [7, 11) is -3.35. The van der Waals surface area contributed by atoms with Crippen LogP contribution in [0.3, 0.4) is 0 Å². The van der Waals surface area contributed by atoms with Crippen molar-refractivity contribution in [2.75, 3.05) is 7.11 Å². The summed E-state index contributed by atoms with van der Waals surface area (Å²) in [6, 6.07) is 1.47. The third-order valence-electron chi connectivity index (χ3n) is 12.1. The van der Waals surface area contributed by atoms with Gasteiger partial charge in [0.2, 0.25) is 0 Å². The zero-order chi connectivity index (χ0) is 28.3. The van der Waals surface area contributed by atoms with Gasteiger partial charge in [0, 0.05) is 5.41 Å². The number of fused-ring (bicyclic) bond motifs is 7. The fraction of sp³-hybridized carbons (Fsp3) is 0.700. The molecule has 3 fully saturated rings. The second-order valence-corrected chi connectivity index (χ2v) is 15.4. The zero-order valence-corrected chi connectivity index (χ0v) is 27.4. The summed E-state index contributed by atoms with van der Waals surface area (Å²) in [5.74, 6) is -0.662. The molecule has 0 radical (unpaired) electrons. The van der Waals surface area contributed by atoms with Crippen LogP contribution in [0.2, 0.25) is 0 Å². The summed E-state index contributed by atoms with van der Waals surface area (Å²) >= 11 is 0. The van der Waals surface area contributed by atoms with E-state index in [2.05, 4.69) is 27.7 Å². The van der Waals surface area contributed by atoms with Crippen molar-refractivity contribution in [3.8, 4) is 11.5 Å². The molecule has 0 heterocycles. The molecular formula is C30H41NaO7S. The number of hydrogen-bond acceptors (Lipinski definition) is 7. The quantitative estimate of drug-likeness (QED) is 0.185. The van der Waals surface area contributed by atoms with Gasteiger partial charge in [-0.3, -0.25) is 4.79 Å². The van der Waals surface area contributed by atoms with Crippen molar-refractivity contribution in [2.24, 2.45) is 27.6 Å². The Hall–Kier alpha value is -1.06. The van der Waals surface area contributed by atoms with Crippen molar-refractivity contribution < 1.29 is 62.3 Å². The molecule has 210 valence electrons. The molecule has 9 heteroatoms. The number of phenolic OH excluding ortho intramolecular Hbond substituents is 2. The predicted molar refractivity (Wildman–Crippen MR) is 143 cm³/mol. The number of ether oxygens (including phenoxy) is 1. The topological polar surface area (TPSA) is 124 Å². The summed E-state index contributed by atoms with van der Waals surface area (Å²) in [6.07, 6.45) is 7.44. The minimum Gasteiger partial charge on any atom is -0.747 e. The van der Waals surface area contributed by atoms with Crippen LogP contribution in [0.25, 0.3) is 0 Å². The van der Waals surface area contributed by atoms with Crippen LogP contribution in [0, 0.1) is 34.5 Å². The van der Waals surface area contributed by atoms with Crippen LogP contribution < -0.4 is 29.6 Å². The minimum atomic E-state index is -4.80. The molecule has 2 N–H and O–H groups in total. The Morgan fingerprint density at radius 3 is 2.23 bits per heavy atom. The Labute approximate surface area is 254 Å². The number of carbonyl (C=O) groups is 1. The number of allylic oxidation sites excluding steroid dienone is 1. The molecule has 1 aromatic carbocycles. The van der Waals surface area contributed by atoms with E-state index >= 15 is 0 Å². The van der Waals surface area contributed by atoms with Crippen LogP contribution in [0.1, 0.15) is 102 Å². The molecule has 1 aromatic rings. The third-order valence-corrected chi connectivity index (χ3v) is 13.1. The summed E-state index contributed by atoms with van der Waals surface area (Å²) in [6.45, 7) is 12.5. The second-order valence-electron chi connectivity index (χ2n) is 13.9. The van der Waals surface area contributed by atoms with E-state index < -0.39 is 31.6 Å². The molecule has 0 saturated heterocycles. The molecule has 0 aliphatic heterocycles. The summed E-state index contributed by atoms with van der Waals surface area (Å²) < 4.78 is 43.3. The van der Waals surface area contributed by atoms with Crippen LogP contribution in [0.5, 0.6) is 11.5 Å². The van der Waals surface area contributed by atoms with Gasteiger partial charge in [0.1, 0.15) is 10.1 Å². The van der Waals surface area contributed by atoms with E-state index in [1.165, 1.54) is 13.2 Å². The Kier molecular flexibility index (Phi) is 7.30. The van der Waals surface area contributed by atoms with Crippen molar-refractivity contribution in [3.63, 3.8) is 0 Å². The number of hydrogen-bond donors (Lipinski definition) is 2. The first-order chi connectivity index (χ1) is 17.4. The summed E-state index contributed by atoms with van der Waals surface area (Å²) in [5, 5.41) is 19.6. The molecule has 3 saturated carbocycles. The van der Waals surface area contributed by atoms with Crippen molar-refractivity contribution >= 4 is 16.1 Å². The molecule has 4 aliphatic rings. The summed E-state index contributed by atoms with van der Waals surface area (Å²) in [4.78, 5) is 12.9. The van der Waals surface area contributed by atoms with Crippen LogP contribution in [0.4, 0.5) is 0 Å². The number of phenols is 2. The van der Waals surface area contributed by atoms with Crippen molar-refractivity contribution in [3.05, 3.63) is 34.4 Å². The van der Waals surface area contributed by atoms with Crippen LogP contribution in [-0.2, 0) is 25.1 Å². The average Bonchev–Trinajstić information content (AvgIpc) is 2.84. The fourth-order valence-corrected chi connectivity index (χ4v) is 10.2. The van der Waals surface area contributed by atoms with Crippen LogP contribution >= 0.6 is 0 Å². The van der Waals surface area contributed by atoms with E-state index in [-0.39, 0.29) is 69.3 Å². The molecule has 0 amide bonds. The number of benzene rings is 1. The first-order valence-electron chi connectivity index (χ1n) is 13.7. The Morgan fingerprint density at radius 1 is 1.03 bits per heavy atom. The van der Waals surface area contributed by atoms with Gasteiger partial charge in [-0.2, -0.15) is 0 Å². The van der Waals surface area contributed by atoms with Crippen molar-refractivity contribution in [1.29, 1.82) is 0 Å². The van der Waals surface area contributed by atoms with Crippen molar-refractivity contribution in [2.45, 2.75) is 97.2 Å².